The Labute approximate surface area is 149 Å². The lowest BCUT2D eigenvalue weighted by Crippen LogP contribution is -2.28. The number of para-hydroxylation sites is 2. The van der Waals surface area contributed by atoms with E-state index in [2.05, 4.69) is 10.3 Å². The molecule has 1 amide bonds. The summed E-state index contributed by atoms with van der Waals surface area (Å²) in [6.07, 6.45) is 1.33. The first-order valence-corrected chi connectivity index (χ1v) is 8.10. The maximum atomic E-state index is 12.4. The van der Waals surface area contributed by atoms with E-state index < -0.39 is 11.9 Å². The quantitative estimate of drug-likeness (QED) is 0.712. The number of amides is 1. The Hall–Kier alpha value is -3.48. The van der Waals surface area contributed by atoms with Crippen LogP contribution in [0.4, 0.5) is 5.69 Å². The lowest BCUT2D eigenvalue weighted by Gasteiger charge is -2.11. The molecule has 0 fully saturated rings. The second-order valence-electron chi connectivity index (χ2n) is 5.51. The number of carbonyl (C=O) groups excluding carboxylic acids is 2. The van der Waals surface area contributed by atoms with Gasteiger partial charge in [-0.15, -0.1) is 0 Å². The molecule has 2 aromatic carbocycles. The van der Waals surface area contributed by atoms with Gasteiger partial charge in [0.15, 0.2) is 0 Å². The molecule has 7 nitrogen and oxygen atoms in total. The molecule has 0 saturated heterocycles. The number of esters is 1. The Kier molecular flexibility index (Phi) is 5.07. The number of ether oxygens (including phenoxy) is 1. The summed E-state index contributed by atoms with van der Waals surface area (Å²) in [5.41, 5.74) is 0.857. The largest absolute Gasteiger partial charge is 0.462 e. The molecule has 1 aromatic heterocycles. The second-order valence-corrected chi connectivity index (χ2v) is 5.51. The zero-order chi connectivity index (χ0) is 18.5. The number of nitrogens with one attached hydrogen (secondary N) is 1. The zero-order valence-corrected chi connectivity index (χ0v) is 14.1. The molecule has 0 bridgehead atoms. The van der Waals surface area contributed by atoms with Crippen molar-refractivity contribution >= 4 is 28.5 Å². The fourth-order valence-electron chi connectivity index (χ4n) is 2.54. The summed E-state index contributed by atoms with van der Waals surface area (Å²) in [6.45, 7) is 1.73. The molecule has 0 unspecified atom stereocenters. The molecule has 0 aliphatic carbocycles. The molecule has 1 heterocycles. The number of hydrogen-bond donors (Lipinski definition) is 1. The van der Waals surface area contributed by atoms with Gasteiger partial charge in [0, 0.05) is 0 Å². The predicted molar refractivity (Wildman–Crippen MR) is 97.0 cm³/mol. The Morgan fingerprint density at radius 3 is 2.65 bits per heavy atom. The van der Waals surface area contributed by atoms with Gasteiger partial charge in [0.25, 0.3) is 5.56 Å². The maximum absolute atomic E-state index is 12.4. The van der Waals surface area contributed by atoms with Gasteiger partial charge in [-0.25, -0.2) is 9.78 Å². The molecule has 26 heavy (non-hydrogen) atoms. The van der Waals surface area contributed by atoms with Crippen LogP contribution in [-0.4, -0.2) is 28.0 Å². The molecule has 0 atom stereocenters. The summed E-state index contributed by atoms with van der Waals surface area (Å²) < 4.78 is 6.21. The number of aromatic nitrogens is 2. The van der Waals surface area contributed by atoms with Gasteiger partial charge >= 0.3 is 5.97 Å². The molecule has 3 aromatic rings. The normalized spacial score (nSPS) is 10.5. The average molecular weight is 351 g/mol. The van der Waals surface area contributed by atoms with Crippen LogP contribution in [0.25, 0.3) is 10.9 Å². The summed E-state index contributed by atoms with van der Waals surface area (Å²) in [4.78, 5) is 40.9. The van der Waals surface area contributed by atoms with Crippen LogP contribution >= 0.6 is 0 Å². The number of anilines is 1. The predicted octanol–water partition coefficient (Wildman–Crippen LogP) is 2.21. The molecule has 3 rings (SSSR count). The van der Waals surface area contributed by atoms with Crippen molar-refractivity contribution in [1.82, 2.24) is 9.55 Å². The molecule has 0 spiro atoms. The van der Waals surface area contributed by atoms with Crippen LogP contribution in [0.1, 0.15) is 17.3 Å². The number of hydrogen-bond acceptors (Lipinski definition) is 5. The number of fused-ring (bicyclic) bond motifs is 1. The van der Waals surface area contributed by atoms with Crippen molar-refractivity contribution in [3.63, 3.8) is 0 Å². The van der Waals surface area contributed by atoms with Gasteiger partial charge in [-0.1, -0.05) is 24.3 Å². The van der Waals surface area contributed by atoms with Crippen LogP contribution in [0, 0.1) is 0 Å². The third-order valence-corrected chi connectivity index (χ3v) is 3.74. The average Bonchev–Trinajstić information content (AvgIpc) is 2.65. The fourth-order valence-corrected chi connectivity index (χ4v) is 2.54. The first-order valence-electron chi connectivity index (χ1n) is 8.10. The van der Waals surface area contributed by atoms with Crippen molar-refractivity contribution in [2.24, 2.45) is 0 Å². The van der Waals surface area contributed by atoms with Crippen LogP contribution in [0.15, 0.2) is 59.7 Å². The summed E-state index contributed by atoms with van der Waals surface area (Å²) in [5, 5.41) is 3.09. The van der Waals surface area contributed by atoms with Gasteiger partial charge in [0.2, 0.25) is 5.91 Å². The van der Waals surface area contributed by atoms with E-state index in [9.17, 15) is 14.4 Å². The molecule has 0 radical (unpaired) electrons. The minimum absolute atomic E-state index is 0.214. The SMILES string of the molecule is CCOC(=O)c1ccccc1NC(=O)Cn1cnc2ccccc2c1=O. The van der Waals surface area contributed by atoms with Crippen LogP contribution < -0.4 is 10.9 Å². The Bertz CT molecular complexity index is 1030. The van der Waals surface area contributed by atoms with Gasteiger partial charge < -0.3 is 10.1 Å². The van der Waals surface area contributed by atoms with Gasteiger partial charge in [-0.05, 0) is 31.2 Å². The highest BCUT2D eigenvalue weighted by Gasteiger charge is 2.14. The van der Waals surface area contributed by atoms with Crippen molar-refractivity contribution in [2.75, 3.05) is 11.9 Å². The van der Waals surface area contributed by atoms with Crippen molar-refractivity contribution in [1.29, 1.82) is 0 Å². The van der Waals surface area contributed by atoms with Crippen LogP contribution in [0.5, 0.6) is 0 Å². The van der Waals surface area contributed by atoms with Crippen molar-refractivity contribution in [2.45, 2.75) is 13.5 Å². The van der Waals surface area contributed by atoms with E-state index in [-0.39, 0.29) is 24.3 Å². The monoisotopic (exact) mass is 351 g/mol. The molecular formula is C19H17N3O4. The van der Waals surface area contributed by atoms with E-state index in [1.54, 1.807) is 55.5 Å². The lowest BCUT2D eigenvalue weighted by atomic mass is 10.2. The number of carbonyl (C=O) groups is 2. The van der Waals surface area contributed by atoms with Crippen molar-refractivity contribution in [3.05, 3.63) is 70.8 Å². The fraction of sp³-hybridized carbons (Fsp3) is 0.158. The van der Waals surface area contributed by atoms with E-state index in [1.165, 1.54) is 10.9 Å². The first-order chi connectivity index (χ1) is 12.6. The van der Waals surface area contributed by atoms with Crippen molar-refractivity contribution < 1.29 is 14.3 Å². The van der Waals surface area contributed by atoms with Gasteiger partial charge in [-0.3, -0.25) is 14.2 Å². The summed E-state index contributed by atoms with van der Waals surface area (Å²) in [7, 11) is 0. The molecule has 1 N–H and O–H groups in total. The summed E-state index contributed by atoms with van der Waals surface area (Å²) in [5.74, 6) is -0.964. The highest BCUT2D eigenvalue weighted by atomic mass is 16.5. The molecule has 7 heteroatoms. The van der Waals surface area contributed by atoms with E-state index in [4.69, 9.17) is 4.74 Å². The standard InChI is InChI=1S/C19H17N3O4/c1-2-26-19(25)14-8-4-6-10-16(14)21-17(23)11-22-12-20-15-9-5-3-7-13(15)18(22)24/h3-10,12H,2,11H2,1H3,(H,21,23). The van der Waals surface area contributed by atoms with E-state index in [0.717, 1.165) is 0 Å². The lowest BCUT2D eigenvalue weighted by molar-refractivity contribution is -0.116. The van der Waals surface area contributed by atoms with E-state index >= 15 is 0 Å². The minimum atomic E-state index is -0.520. The Morgan fingerprint density at radius 1 is 1.12 bits per heavy atom. The Balaban J connectivity index is 1.81. The second kappa shape index (κ2) is 7.60. The maximum Gasteiger partial charge on any atom is 0.340 e. The minimum Gasteiger partial charge on any atom is -0.462 e. The highest BCUT2D eigenvalue weighted by Crippen LogP contribution is 2.16. The summed E-state index contributed by atoms with van der Waals surface area (Å²) >= 11 is 0. The smallest absolute Gasteiger partial charge is 0.340 e. The zero-order valence-electron chi connectivity index (χ0n) is 14.1. The molecule has 0 saturated carbocycles. The van der Waals surface area contributed by atoms with Crippen molar-refractivity contribution in [3.8, 4) is 0 Å². The van der Waals surface area contributed by atoms with Gasteiger partial charge in [-0.2, -0.15) is 0 Å². The molecule has 0 aliphatic heterocycles. The van der Waals surface area contributed by atoms with Gasteiger partial charge in [0.1, 0.15) is 6.54 Å². The first kappa shape index (κ1) is 17.3. The van der Waals surface area contributed by atoms with E-state index in [1.807, 2.05) is 0 Å². The molecule has 0 aliphatic rings. The highest BCUT2D eigenvalue weighted by molar-refractivity contribution is 6.01. The molecular weight excluding hydrogens is 334 g/mol. The Morgan fingerprint density at radius 2 is 1.85 bits per heavy atom. The van der Waals surface area contributed by atoms with Gasteiger partial charge in [0.05, 0.1) is 35.1 Å². The van der Waals surface area contributed by atoms with Crippen LogP contribution in [0.2, 0.25) is 0 Å². The number of benzene rings is 2. The summed E-state index contributed by atoms with van der Waals surface area (Å²) in [6, 6.07) is 13.5. The topological polar surface area (TPSA) is 90.3 Å². The molecule has 132 valence electrons. The number of rotatable bonds is 5. The number of nitrogens with zero attached hydrogens (tertiary/aromatic N) is 2. The van der Waals surface area contributed by atoms with Crippen LogP contribution in [0.3, 0.4) is 0 Å². The third-order valence-electron chi connectivity index (χ3n) is 3.74. The van der Waals surface area contributed by atoms with Crippen LogP contribution in [-0.2, 0) is 16.1 Å². The van der Waals surface area contributed by atoms with E-state index in [0.29, 0.717) is 16.6 Å². The third kappa shape index (κ3) is 3.61.